The van der Waals surface area contributed by atoms with Gasteiger partial charge in [-0.25, -0.2) is 0 Å². The minimum absolute atomic E-state index is 0.0119. The van der Waals surface area contributed by atoms with E-state index in [1.807, 2.05) is 13.8 Å². The van der Waals surface area contributed by atoms with Crippen molar-refractivity contribution >= 4 is 5.91 Å². The third-order valence-electron chi connectivity index (χ3n) is 2.97. The largest absolute Gasteiger partial charge is 0.394 e. The summed E-state index contributed by atoms with van der Waals surface area (Å²) in [4.78, 5) is 12.0. The minimum Gasteiger partial charge on any atom is -0.394 e. The van der Waals surface area contributed by atoms with Gasteiger partial charge < -0.3 is 10.4 Å². The summed E-state index contributed by atoms with van der Waals surface area (Å²) in [5.41, 5.74) is 1.04. The predicted octanol–water partition coefficient (Wildman–Crippen LogP) is 0.466. The van der Waals surface area contributed by atoms with Gasteiger partial charge in [-0.2, -0.15) is 5.10 Å². The predicted molar refractivity (Wildman–Crippen MR) is 59.2 cm³/mol. The van der Waals surface area contributed by atoms with Crippen molar-refractivity contribution in [2.75, 3.05) is 6.61 Å². The summed E-state index contributed by atoms with van der Waals surface area (Å²) in [5, 5.41) is 16.2. The number of aliphatic hydroxyl groups is 1. The van der Waals surface area contributed by atoms with Crippen molar-refractivity contribution in [1.82, 2.24) is 15.1 Å². The van der Waals surface area contributed by atoms with Crippen LogP contribution < -0.4 is 5.32 Å². The third kappa shape index (κ3) is 1.95. The molecule has 16 heavy (non-hydrogen) atoms. The van der Waals surface area contributed by atoms with E-state index in [9.17, 15) is 4.79 Å². The van der Waals surface area contributed by atoms with Crippen LogP contribution >= 0.6 is 0 Å². The second-order valence-corrected chi connectivity index (χ2v) is 4.38. The molecule has 1 aromatic rings. The number of carbonyl (C=O) groups excluding carboxylic acids is 1. The average molecular weight is 223 g/mol. The lowest BCUT2D eigenvalue weighted by atomic mass is 10.2. The van der Waals surface area contributed by atoms with E-state index in [0.717, 1.165) is 18.5 Å². The maximum atomic E-state index is 12.0. The number of rotatable bonds is 4. The Kier molecular flexibility index (Phi) is 2.71. The molecule has 1 aliphatic rings. The van der Waals surface area contributed by atoms with Crippen LogP contribution in [0.2, 0.25) is 0 Å². The van der Waals surface area contributed by atoms with Crippen molar-refractivity contribution in [3.05, 3.63) is 17.5 Å². The molecular formula is C11H17N3O2. The van der Waals surface area contributed by atoms with Gasteiger partial charge >= 0.3 is 0 Å². The Balaban J connectivity index is 2.14. The highest BCUT2D eigenvalue weighted by Gasteiger charge is 2.43. The second-order valence-electron chi connectivity index (χ2n) is 4.38. The zero-order chi connectivity index (χ0) is 11.8. The van der Waals surface area contributed by atoms with Gasteiger partial charge in [0.1, 0.15) is 5.69 Å². The molecule has 0 spiro atoms. The van der Waals surface area contributed by atoms with E-state index in [0.29, 0.717) is 12.2 Å². The topological polar surface area (TPSA) is 67.2 Å². The first kappa shape index (κ1) is 11.1. The SMILES string of the molecule is CCn1nc(C)cc1C(=O)NC1(CO)CC1. The molecule has 1 heterocycles. The molecule has 1 saturated carbocycles. The monoisotopic (exact) mass is 223 g/mol. The van der Waals surface area contributed by atoms with Crippen molar-refractivity contribution in [3.63, 3.8) is 0 Å². The Morgan fingerprint density at radius 1 is 1.69 bits per heavy atom. The van der Waals surface area contributed by atoms with Gasteiger partial charge in [0.05, 0.1) is 17.8 Å². The molecule has 5 nitrogen and oxygen atoms in total. The van der Waals surface area contributed by atoms with Gasteiger partial charge in [-0.15, -0.1) is 0 Å². The summed E-state index contributed by atoms with van der Waals surface area (Å²) >= 11 is 0. The normalized spacial score (nSPS) is 17.2. The molecule has 1 fully saturated rings. The van der Waals surface area contributed by atoms with Gasteiger partial charge in [0.2, 0.25) is 0 Å². The molecule has 0 aliphatic heterocycles. The van der Waals surface area contributed by atoms with E-state index in [1.54, 1.807) is 10.7 Å². The highest BCUT2D eigenvalue weighted by atomic mass is 16.3. The van der Waals surface area contributed by atoms with E-state index in [-0.39, 0.29) is 18.1 Å². The first-order valence-corrected chi connectivity index (χ1v) is 5.58. The first-order valence-electron chi connectivity index (χ1n) is 5.58. The van der Waals surface area contributed by atoms with Crippen molar-refractivity contribution in [3.8, 4) is 0 Å². The fourth-order valence-electron chi connectivity index (χ4n) is 1.75. The van der Waals surface area contributed by atoms with Crippen LogP contribution in [-0.2, 0) is 6.54 Å². The number of aromatic nitrogens is 2. The maximum absolute atomic E-state index is 12.0. The smallest absolute Gasteiger partial charge is 0.270 e. The lowest BCUT2D eigenvalue weighted by Gasteiger charge is -2.14. The van der Waals surface area contributed by atoms with Crippen LogP contribution in [0.15, 0.2) is 6.07 Å². The molecule has 1 aromatic heterocycles. The molecule has 0 bridgehead atoms. The Morgan fingerprint density at radius 2 is 2.38 bits per heavy atom. The van der Waals surface area contributed by atoms with Gasteiger partial charge in [-0.1, -0.05) is 0 Å². The van der Waals surface area contributed by atoms with Crippen LogP contribution in [0, 0.1) is 6.92 Å². The number of hydrogen-bond donors (Lipinski definition) is 2. The first-order chi connectivity index (χ1) is 7.60. The van der Waals surface area contributed by atoms with Crippen LogP contribution in [0.4, 0.5) is 0 Å². The van der Waals surface area contributed by atoms with E-state index >= 15 is 0 Å². The Morgan fingerprint density at radius 3 is 2.88 bits per heavy atom. The number of aryl methyl sites for hydroxylation is 2. The van der Waals surface area contributed by atoms with E-state index < -0.39 is 0 Å². The Hall–Kier alpha value is -1.36. The van der Waals surface area contributed by atoms with Gasteiger partial charge in [0.15, 0.2) is 0 Å². The second kappa shape index (κ2) is 3.90. The van der Waals surface area contributed by atoms with Gasteiger partial charge in [0.25, 0.3) is 5.91 Å². The Bertz CT molecular complexity index is 407. The molecule has 2 N–H and O–H groups in total. The van der Waals surface area contributed by atoms with Gasteiger partial charge in [-0.3, -0.25) is 9.48 Å². The lowest BCUT2D eigenvalue weighted by Crippen LogP contribution is -2.40. The molecule has 1 amide bonds. The van der Waals surface area contributed by atoms with Crippen LogP contribution in [0.25, 0.3) is 0 Å². The highest BCUT2D eigenvalue weighted by Crippen LogP contribution is 2.34. The summed E-state index contributed by atoms with van der Waals surface area (Å²) in [6.07, 6.45) is 1.71. The molecule has 2 rings (SSSR count). The number of aliphatic hydroxyl groups excluding tert-OH is 1. The molecule has 0 radical (unpaired) electrons. The number of carbonyl (C=O) groups is 1. The van der Waals surface area contributed by atoms with Crippen molar-refractivity contribution in [2.45, 2.75) is 38.8 Å². The van der Waals surface area contributed by atoms with E-state index in [1.165, 1.54) is 0 Å². The van der Waals surface area contributed by atoms with Crippen LogP contribution in [0.3, 0.4) is 0 Å². The van der Waals surface area contributed by atoms with Crippen LogP contribution in [0.5, 0.6) is 0 Å². The number of hydrogen-bond acceptors (Lipinski definition) is 3. The Labute approximate surface area is 94.5 Å². The quantitative estimate of drug-likeness (QED) is 0.779. The summed E-state index contributed by atoms with van der Waals surface area (Å²) in [6, 6.07) is 1.77. The van der Waals surface area contributed by atoms with Gasteiger partial charge in [-0.05, 0) is 32.8 Å². The minimum atomic E-state index is -0.367. The van der Waals surface area contributed by atoms with Gasteiger partial charge in [0, 0.05) is 6.54 Å². The van der Waals surface area contributed by atoms with Crippen molar-refractivity contribution in [1.29, 1.82) is 0 Å². The lowest BCUT2D eigenvalue weighted by molar-refractivity contribution is 0.0896. The number of nitrogens with one attached hydrogen (secondary N) is 1. The highest BCUT2D eigenvalue weighted by molar-refractivity contribution is 5.93. The standard InChI is InChI=1S/C11H17N3O2/c1-3-14-9(6-8(2)13-14)10(16)12-11(7-15)4-5-11/h6,15H,3-5,7H2,1-2H3,(H,12,16). The summed E-state index contributed by atoms with van der Waals surface area (Å²) in [7, 11) is 0. The maximum Gasteiger partial charge on any atom is 0.270 e. The fourth-order valence-corrected chi connectivity index (χ4v) is 1.75. The molecule has 0 atom stereocenters. The molecule has 0 unspecified atom stereocenters. The van der Waals surface area contributed by atoms with E-state index in [2.05, 4.69) is 10.4 Å². The molecule has 1 aliphatic carbocycles. The molecule has 88 valence electrons. The summed E-state index contributed by atoms with van der Waals surface area (Å²) in [5.74, 6) is -0.144. The molecule has 5 heteroatoms. The summed E-state index contributed by atoms with van der Waals surface area (Å²) < 4.78 is 1.68. The zero-order valence-corrected chi connectivity index (χ0v) is 9.66. The summed E-state index contributed by atoms with van der Waals surface area (Å²) in [6.45, 7) is 4.49. The van der Waals surface area contributed by atoms with Crippen LogP contribution in [-0.4, -0.2) is 32.9 Å². The van der Waals surface area contributed by atoms with E-state index in [4.69, 9.17) is 5.11 Å². The van der Waals surface area contributed by atoms with Crippen molar-refractivity contribution in [2.24, 2.45) is 0 Å². The third-order valence-corrected chi connectivity index (χ3v) is 2.97. The van der Waals surface area contributed by atoms with Crippen LogP contribution in [0.1, 0.15) is 35.9 Å². The molecule has 0 aromatic carbocycles. The number of nitrogens with zero attached hydrogens (tertiary/aromatic N) is 2. The average Bonchev–Trinajstić information content (AvgIpc) is 2.93. The molecular weight excluding hydrogens is 206 g/mol. The fraction of sp³-hybridized carbons (Fsp3) is 0.636. The zero-order valence-electron chi connectivity index (χ0n) is 9.66. The van der Waals surface area contributed by atoms with Crippen molar-refractivity contribution < 1.29 is 9.90 Å². The molecule has 0 saturated heterocycles. The number of amides is 1.